The molecule has 0 bridgehead atoms. The fraction of sp³-hybridized carbons (Fsp3) is 0.250. The average molecular weight is 177 g/mol. The zero-order valence-electron chi connectivity index (χ0n) is 7.60. The Morgan fingerprint density at radius 1 is 1.46 bits per heavy atom. The molecule has 0 spiro atoms. The minimum Gasteiger partial charge on any atom is -0.394 e. The van der Waals surface area contributed by atoms with Crippen LogP contribution >= 0.6 is 0 Å². The van der Waals surface area contributed by atoms with E-state index < -0.39 is 0 Å². The molecule has 0 saturated carbocycles. The first kappa shape index (κ1) is 7.85. The van der Waals surface area contributed by atoms with Crippen LogP contribution in [0.25, 0.3) is 5.82 Å². The van der Waals surface area contributed by atoms with Gasteiger partial charge in [-0.05, 0) is 6.92 Å². The summed E-state index contributed by atoms with van der Waals surface area (Å²) in [6.45, 7) is 1.88. The number of nitrogens with zero attached hydrogens (tertiary/aromatic N) is 4. The molecule has 2 N–H and O–H groups in total. The molecule has 0 aliphatic rings. The van der Waals surface area contributed by atoms with Crippen molar-refractivity contribution in [3.05, 3.63) is 24.4 Å². The number of nitrogen functional groups attached to an aromatic ring is 1. The summed E-state index contributed by atoms with van der Waals surface area (Å²) >= 11 is 0. The molecule has 2 aromatic heterocycles. The molecule has 0 amide bonds. The number of hydrogen-bond donors (Lipinski definition) is 1. The van der Waals surface area contributed by atoms with Crippen LogP contribution in [0, 0.1) is 6.92 Å². The van der Waals surface area contributed by atoms with Crippen LogP contribution in [-0.2, 0) is 7.05 Å². The van der Waals surface area contributed by atoms with E-state index in [1.807, 2.05) is 24.7 Å². The maximum atomic E-state index is 5.86. The first-order chi connectivity index (χ1) is 6.20. The van der Waals surface area contributed by atoms with Crippen molar-refractivity contribution in [3.63, 3.8) is 0 Å². The Kier molecular flexibility index (Phi) is 1.58. The number of aryl methyl sites for hydroxylation is 2. The van der Waals surface area contributed by atoms with Gasteiger partial charge in [-0.3, -0.25) is 4.57 Å². The van der Waals surface area contributed by atoms with Crippen LogP contribution in [0.5, 0.6) is 0 Å². The normalized spacial score (nSPS) is 10.6. The van der Waals surface area contributed by atoms with Crippen LogP contribution < -0.4 is 5.73 Å². The number of anilines is 1. The molecule has 0 radical (unpaired) electrons. The molecule has 68 valence electrons. The highest BCUT2D eigenvalue weighted by Gasteiger charge is 2.10. The summed E-state index contributed by atoms with van der Waals surface area (Å²) in [5.74, 6) is 0.856. The third-order valence-corrected chi connectivity index (χ3v) is 1.99. The van der Waals surface area contributed by atoms with E-state index in [0.29, 0.717) is 5.69 Å². The van der Waals surface area contributed by atoms with Crippen LogP contribution in [0.15, 0.2) is 18.7 Å². The van der Waals surface area contributed by atoms with Crippen molar-refractivity contribution < 1.29 is 0 Å². The Hall–Kier alpha value is -1.78. The third kappa shape index (κ3) is 1.09. The first-order valence-corrected chi connectivity index (χ1v) is 3.97. The third-order valence-electron chi connectivity index (χ3n) is 1.99. The molecule has 2 rings (SSSR count). The molecule has 0 aliphatic heterocycles. The number of rotatable bonds is 1. The van der Waals surface area contributed by atoms with Crippen molar-refractivity contribution in [2.45, 2.75) is 6.92 Å². The Morgan fingerprint density at radius 3 is 2.69 bits per heavy atom. The largest absolute Gasteiger partial charge is 0.394 e. The molecular formula is C8H11N5. The summed E-state index contributed by atoms with van der Waals surface area (Å²) < 4.78 is 3.58. The van der Waals surface area contributed by atoms with Gasteiger partial charge in [-0.25, -0.2) is 9.67 Å². The Labute approximate surface area is 75.8 Å². The van der Waals surface area contributed by atoms with E-state index in [1.165, 1.54) is 0 Å². The standard InChI is InChI=1S/C8H11N5/c1-6-7(9)8(12(2)11-6)13-4-3-10-5-13/h3-5H,9H2,1-2H3. The average Bonchev–Trinajstić information content (AvgIpc) is 2.63. The lowest BCUT2D eigenvalue weighted by molar-refractivity contribution is 0.722. The first-order valence-electron chi connectivity index (χ1n) is 3.97. The van der Waals surface area contributed by atoms with Crippen molar-refractivity contribution >= 4 is 5.69 Å². The smallest absolute Gasteiger partial charge is 0.159 e. The topological polar surface area (TPSA) is 61.7 Å². The lowest BCUT2D eigenvalue weighted by Crippen LogP contribution is -2.02. The van der Waals surface area contributed by atoms with Crippen molar-refractivity contribution in [3.8, 4) is 5.82 Å². The van der Waals surface area contributed by atoms with Gasteiger partial charge >= 0.3 is 0 Å². The number of imidazole rings is 1. The van der Waals surface area contributed by atoms with Gasteiger partial charge in [0.25, 0.3) is 0 Å². The summed E-state index contributed by atoms with van der Waals surface area (Å²) in [6.07, 6.45) is 5.25. The number of hydrogen-bond acceptors (Lipinski definition) is 3. The van der Waals surface area contributed by atoms with Crippen LogP contribution in [0.2, 0.25) is 0 Å². The summed E-state index contributed by atoms with van der Waals surface area (Å²) in [6, 6.07) is 0. The second-order valence-corrected chi connectivity index (χ2v) is 2.92. The van der Waals surface area contributed by atoms with Crippen molar-refractivity contribution in [2.75, 3.05) is 5.73 Å². The van der Waals surface area contributed by atoms with Gasteiger partial charge < -0.3 is 5.73 Å². The Morgan fingerprint density at radius 2 is 2.23 bits per heavy atom. The minimum atomic E-state index is 0.695. The number of aromatic nitrogens is 4. The molecule has 0 unspecified atom stereocenters. The van der Waals surface area contributed by atoms with Crippen LogP contribution in [0.4, 0.5) is 5.69 Å². The highest BCUT2D eigenvalue weighted by Crippen LogP contribution is 2.18. The summed E-state index contributed by atoms with van der Waals surface area (Å²) in [4.78, 5) is 3.96. The lowest BCUT2D eigenvalue weighted by Gasteiger charge is -2.02. The van der Waals surface area contributed by atoms with E-state index in [4.69, 9.17) is 5.73 Å². The molecule has 2 aromatic rings. The Balaban J connectivity index is 2.64. The molecule has 13 heavy (non-hydrogen) atoms. The van der Waals surface area contributed by atoms with Crippen LogP contribution in [0.1, 0.15) is 5.69 Å². The van der Waals surface area contributed by atoms with Gasteiger partial charge in [0.1, 0.15) is 6.33 Å². The zero-order chi connectivity index (χ0) is 9.42. The highest BCUT2D eigenvalue weighted by molar-refractivity contribution is 5.57. The molecule has 2 heterocycles. The van der Waals surface area contributed by atoms with Crippen molar-refractivity contribution in [1.29, 1.82) is 0 Å². The maximum Gasteiger partial charge on any atom is 0.159 e. The monoisotopic (exact) mass is 177 g/mol. The summed E-state index contributed by atoms with van der Waals surface area (Å²) in [5, 5.41) is 4.21. The van der Waals surface area contributed by atoms with Crippen molar-refractivity contribution in [1.82, 2.24) is 19.3 Å². The van der Waals surface area contributed by atoms with Gasteiger partial charge in [0.2, 0.25) is 0 Å². The fourth-order valence-electron chi connectivity index (χ4n) is 1.35. The van der Waals surface area contributed by atoms with Crippen molar-refractivity contribution in [2.24, 2.45) is 7.05 Å². The van der Waals surface area contributed by atoms with E-state index in [9.17, 15) is 0 Å². The predicted molar refractivity (Wildman–Crippen MR) is 49.5 cm³/mol. The highest BCUT2D eigenvalue weighted by atomic mass is 15.3. The molecule has 5 heteroatoms. The SMILES string of the molecule is Cc1nn(C)c(-n2ccnc2)c1N. The van der Waals surface area contributed by atoms with Gasteiger partial charge in [-0.2, -0.15) is 5.10 Å². The summed E-state index contributed by atoms with van der Waals surface area (Å²) in [5.41, 5.74) is 7.40. The van der Waals surface area contributed by atoms with Gasteiger partial charge in [0, 0.05) is 19.4 Å². The quantitative estimate of drug-likeness (QED) is 0.689. The van der Waals surface area contributed by atoms with Gasteiger partial charge in [-0.1, -0.05) is 0 Å². The summed E-state index contributed by atoms with van der Waals surface area (Å²) in [7, 11) is 1.86. The fourth-order valence-corrected chi connectivity index (χ4v) is 1.35. The predicted octanol–water partition coefficient (Wildman–Crippen LogP) is 0.496. The Bertz CT molecular complexity index is 412. The van der Waals surface area contributed by atoms with E-state index in [1.54, 1.807) is 17.2 Å². The molecule has 5 nitrogen and oxygen atoms in total. The van der Waals surface area contributed by atoms with E-state index >= 15 is 0 Å². The molecule has 0 aromatic carbocycles. The van der Waals surface area contributed by atoms with E-state index in [2.05, 4.69) is 10.1 Å². The zero-order valence-corrected chi connectivity index (χ0v) is 7.60. The van der Waals surface area contributed by atoms with Gasteiger partial charge in [0.15, 0.2) is 5.82 Å². The molecular weight excluding hydrogens is 166 g/mol. The second kappa shape index (κ2) is 2.62. The van der Waals surface area contributed by atoms with E-state index in [-0.39, 0.29) is 0 Å². The minimum absolute atomic E-state index is 0.695. The second-order valence-electron chi connectivity index (χ2n) is 2.92. The molecule has 0 atom stereocenters. The molecule has 0 saturated heterocycles. The maximum absolute atomic E-state index is 5.86. The molecule has 0 fully saturated rings. The molecule has 0 aliphatic carbocycles. The number of nitrogens with two attached hydrogens (primary N) is 1. The van der Waals surface area contributed by atoms with Crippen LogP contribution in [0.3, 0.4) is 0 Å². The van der Waals surface area contributed by atoms with Gasteiger partial charge in [-0.15, -0.1) is 0 Å². The van der Waals surface area contributed by atoms with E-state index in [0.717, 1.165) is 11.5 Å². The lowest BCUT2D eigenvalue weighted by atomic mass is 10.4. The van der Waals surface area contributed by atoms with Gasteiger partial charge in [0.05, 0.1) is 11.4 Å². The van der Waals surface area contributed by atoms with Crippen LogP contribution in [-0.4, -0.2) is 19.3 Å².